The summed E-state index contributed by atoms with van der Waals surface area (Å²) in [6, 6.07) is 10.0. The number of amides is 1. The molecule has 0 radical (unpaired) electrons. The van der Waals surface area contributed by atoms with Crippen molar-refractivity contribution in [2.75, 3.05) is 31.6 Å². The van der Waals surface area contributed by atoms with E-state index >= 15 is 0 Å². The number of ether oxygens (including phenoxy) is 1. The molecule has 6 rings (SSSR count). The van der Waals surface area contributed by atoms with E-state index in [4.69, 9.17) is 16.3 Å². The molecule has 2 aromatic heterocycles. The Morgan fingerprint density at radius 1 is 1.22 bits per heavy atom. The SMILES string of the molecule is CC1(N2CCC(c3cc4cc(NC(=O)C5CC5c5cccnc5)ncc4cc3Cl)CC2)COCC1O. The molecule has 1 saturated carbocycles. The van der Waals surface area contributed by atoms with Gasteiger partial charge in [0.15, 0.2) is 0 Å². The van der Waals surface area contributed by atoms with Crippen molar-refractivity contribution in [3.63, 3.8) is 0 Å². The van der Waals surface area contributed by atoms with Gasteiger partial charge < -0.3 is 15.2 Å². The zero-order chi connectivity index (χ0) is 24.9. The lowest BCUT2D eigenvalue weighted by molar-refractivity contribution is -0.117. The molecule has 8 heteroatoms. The number of hydrogen-bond donors (Lipinski definition) is 2. The van der Waals surface area contributed by atoms with Crippen molar-refractivity contribution in [2.45, 2.75) is 49.7 Å². The van der Waals surface area contributed by atoms with Gasteiger partial charge in [0.25, 0.3) is 0 Å². The zero-order valence-corrected chi connectivity index (χ0v) is 21.1. The van der Waals surface area contributed by atoms with Gasteiger partial charge in [-0.1, -0.05) is 17.7 Å². The quantitative estimate of drug-likeness (QED) is 0.535. The number of halogens is 1. The maximum atomic E-state index is 12.8. The van der Waals surface area contributed by atoms with E-state index in [0.29, 0.717) is 24.9 Å². The van der Waals surface area contributed by atoms with Crippen LogP contribution in [0.15, 0.2) is 48.9 Å². The molecule has 2 saturated heterocycles. The summed E-state index contributed by atoms with van der Waals surface area (Å²) in [5, 5.41) is 16.2. The molecule has 36 heavy (non-hydrogen) atoms. The summed E-state index contributed by atoms with van der Waals surface area (Å²) in [7, 11) is 0. The number of benzene rings is 1. The van der Waals surface area contributed by atoms with Gasteiger partial charge >= 0.3 is 0 Å². The van der Waals surface area contributed by atoms with Gasteiger partial charge in [-0.25, -0.2) is 4.98 Å². The first-order chi connectivity index (χ1) is 17.4. The van der Waals surface area contributed by atoms with Crippen molar-refractivity contribution >= 4 is 34.1 Å². The first kappa shape index (κ1) is 23.8. The number of anilines is 1. The molecule has 3 aromatic rings. The number of aromatic nitrogens is 2. The molecule has 1 aliphatic carbocycles. The molecule has 4 atom stereocenters. The van der Waals surface area contributed by atoms with E-state index in [0.717, 1.165) is 59.3 Å². The summed E-state index contributed by atoms with van der Waals surface area (Å²) in [5.41, 5.74) is 1.94. The third kappa shape index (κ3) is 4.39. The Hall–Kier alpha value is -2.58. The molecule has 4 unspecified atom stereocenters. The number of fused-ring (bicyclic) bond motifs is 1. The van der Waals surface area contributed by atoms with Gasteiger partial charge in [0.2, 0.25) is 5.91 Å². The summed E-state index contributed by atoms with van der Waals surface area (Å²) in [5.74, 6) is 1.11. The summed E-state index contributed by atoms with van der Waals surface area (Å²) >= 11 is 6.72. The highest BCUT2D eigenvalue weighted by atomic mass is 35.5. The minimum atomic E-state index is -0.449. The lowest BCUT2D eigenvalue weighted by Crippen LogP contribution is -2.56. The average Bonchev–Trinajstić information content (AvgIpc) is 3.63. The normalized spacial score (nSPS) is 28.9. The number of rotatable bonds is 5. The fraction of sp³-hybridized carbons (Fsp3) is 0.464. The first-order valence-electron chi connectivity index (χ1n) is 12.7. The summed E-state index contributed by atoms with van der Waals surface area (Å²) in [6.07, 6.45) is 7.70. The smallest absolute Gasteiger partial charge is 0.229 e. The monoisotopic (exact) mass is 506 g/mol. The Labute approximate surface area is 215 Å². The van der Waals surface area contributed by atoms with Crippen LogP contribution in [0.2, 0.25) is 5.02 Å². The third-order valence-corrected chi connectivity index (χ3v) is 8.70. The Bertz CT molecular complexity index is 1280. The van der Waals surface area contributed by atoms with Crippen LogP contribution in [0, 0.1) is 5.92 Å². The van der Waals surface area contributed by atoms with E-state index in [1.165, 1.54) is 0 Å². The van der Waals surface area contributed by atoms with Gasteiger partial charge in [-0.2, -0.15) is 0 Å². The Morgan fingerprint density at radius 3 is 2.78 bits per heavy atom. The van der Waals surface area contributed by atoms with Crippen LogP contribution in [0.4, 0.5) is 5.82 Å². The van der Waals surface area contributed by atoms with Crippen molar-refractivity contribution in [1.29, 1.82) is 0 Å². The predicted octanol–water partition coefficient (Wildman–Crippen LogP) is 4.35. The van der Waals surface area contributed by atoms with Crippen LogP contribution in [0.1, 0.15) is 49.1 Å². The van der Waals surface area contributed by atoms with Gasteiger partial charge in [-0.15, -0.1) is 0 Å². The molecule has 2 N–H and O–H groups in total. The van der Waals surface area contributed by atoms with Crippen LogP contribution >= 0.6 is 11.6 Å². The summed E-state index contributed by atoms with van der Waals surface area (Å²) in [6.45, 7) is 4.86. The average molecular weight is 507 g/mol. The van der Waals surface area contributed by atoms with Crippen molar-refractivity contribution in [3.05, 3.63) is 65.1 Å². The number of likely N-dealkylation sites (tertiary alicyclic amines) is 1. The van der Waals surface area contributed by atoms with Crippen LogP contribution in [0.5, 0.6) is 0 Å². The van der Waals surface area contributed by atoms with Gasteiger partial charge in [0.1, 0.15) is 5.82 Å². The molecule has 2 aliphatic heterocycles. The van der Waals surface area contributed by atoms with Gasteiger partial charge in [0, 0.05) is 34.9 Å². The van der Waals surface area contributed by atoms with E-state index in [9.17, 15) is 9.90 Å². The van der Waals surface area contributed by atoms with Crippen LogP contribution in [-0.2, 0) is 9.53 Å². The highest BCUT2D eigenvalue weighted by Crippen LogP contribution is 2.47. The Kier molecular flexibility index (Phi) is 6.20. The molecule has 0 bridgehead atoms. The highest BCUT2D eigenvalue weighted by molar-refractivity contribution is 6.32. The number of aliphatic hydroxyl groups excluding tert-OH is 1. The first-order valence-corrected chi connectivity index (χ1v) is 13.1. The second kappa shape index (κ2) is 9.38. The van der Waals surface area contributed by atoms with Gasteiger partial charge in [0.05, 0.1) is 24.9 Å². The predicted molar refractivity (Wildman–Crippen MR) is 139 cm³/mol. The fourth-order valence-corrected chi connectivity index (χ4v) is 6.21. The van der Waals surface area contributed by atoms with Gasteiger partial charge in [-0.3, -0.25) is 14.7 Å². The molecular weight excluding hydrogens is 476 g/mol. The second-order valence-corrected chi connectivity index (χ2v) is 11.1. The molecule has 4 heterocycles. The summed E-state index contributed by atoms with van der Waals surface area (Å²) < 4.78 is 5.54. The molecular formula is C28H31ClN4O3. The molecule has 3 aliphatic rings. The molecule has 1 aromatic carbocycles. The number of pyridine rings is 2. The van der Waals surface area contributed by atoms with Gasteiger partial charge in [-0.05, 0) is 91.9 Å². The third-order valence-electron chi connectivity index (χ3n) is 8.37. The number of carbonyl (C=O) groups excluding carboxylic acids is 1. The number of piperidine rings is 1. The number of nitrogens with one attached hydrogen (secondary N) is 1. The van der Waals surface area contributed by atoms with Crippen LogP contribution in [0.3, 0.4) is 0 Å². The van der Waals surface area contributed by atoms with E-state index in [1.807, 2.05) is 30.5 Å². The van der Waals surface area contributed by atoms with Crippen molar-refractivity contribution in [2.24, 2.45) is 5.92 Å². The van der Waals surface area contributed by atoms with Crippen LogP contribution in [0.25, 0.3) is 10.8 Å². The molecule has 1 amide bonds. The van der Waals surface area contributed by atoms with Crippen LogP contribution in [-0.4, -0.2) is 63.8 Å². The maximum Gasteiger partial charge on any atom is 0.229 e. The van der Waals surface area contributed by atoms with Crippen molar-refractivity contribution < 1.29 is 14.6 Å². The molecule has 3 fully saturated rings. The Balaban J connectivity index is 1.15. The number of aliphatic hydroxyl groups is 1. The largest absolute Gasteiger partial charge is 0.389 e. The van der Waals surface area contributed by atoms with Crippen molar-refractivity contribution in [1.82, 2.24) is 14.9 Å². The summed E-state index contributed by atoms with van der Waals surface area (Å²) in [4.78, 5) is 23.8. The Morgan fingerprint density at radius 2 is 2.06 bits per heavy atom. The molecule has 188 valence electrons. The highest BCUT2D eigenvalue weighted by Gasteiger charge is 2.45. The standard InChI is InChI=1S/C28H31ClN4O3/c1-28(16-36-15-25(28)34)33-7-4-17(5-8-33)22-9-19-11-26(31-14-20(19)10-24(22)29)32-27(35)23-12-21(23)18-3-2-6-30-13-18/h2-3,6,9-11,13-14,17,21,23,25,34H,4-5,7-8,12,15-16H2,1H3,(H,31,32,35). The van der Waals surface area contributed by atoms with Crippen LogP contribution < -0.4 is 5.32 Å². The molecule has 7 nitrogen and oxygen atoms in total. The maximum absolute atomic E-state index is 12.8. The topological polar surface area (TPSA) is 87.6 Å². The second-order valence-electron chi connectivity index (χ2n) is 10.7. The number of hydrogen-bond acceptors (Lipinski definition) is 6. The van der Waals surface area contributed by atoms with E-state index < -0.39 is 6.10 Å². The van der Waals surface area contributed by atoms with E-state index in [1.54, 1.807) is 12.4 Å². The number of carbonyl (C=O) groups is 1. The molecule has 0 spiro atoms. The van der Waals surface area contributed by atoms with E-state index in [-0.39, 0.29) is 23.3 Å². The zero-order valence-electron chi connectivity index (χ0n) is 20.4. The minimum Gasteiger partial charge on any atom is -0.389 e. The van der Waals surface area contributed by atoms with E-state index in [2.05, 4.69) is 33.2 Å². The minimum absolute atomic E-state index is 0.00355. The lowest BCUT2D eigenvalue weighted by atomic mass is 9.85. The number of nitrogens with zero attached hydrogens (tertiary/aromatic N) is 3. The van der Waals surface area contributed by atoms with Crippen molar-refractivity contribution in [3.8, 4) is 0 Å². The fourth-order valence-electron chi connectivity index (χ4n) is 5.89. The lowest BCUT2D eigenvalue weighted by Gasteiger charge is -2.43.